The van der Waals surface area contributed by atoms with E-state index in [1.165, 1.54) is 71.3 Å². The van der Waals surface area contributed by atoms with Crippen molar-refractivity contribution < 1.29 is 43.3 Å². The molecule has 1 aliphatic heterocycles. The number of rotatable bonds is 31. The summed E-state index contributed by atoms with van der Waals surface area (Å²) in [5.41, 5.74) is 1.33. The number of methoxy groups -OCH3 is 2. The molecule has 2 fully saturated rings. The number of likely N-dealkylation sites (N-methyl/N-ethyl adjacent to an activating group) is 2. The number of carboxylic acids is 1. The largest absolute Gasteiger partial charge is 0.480 e. The van der Waals surface area contributed by atoms with Crippen LogP contribution in [-0.2, 0) is 44.7 Å². The summed E-state index contributed by atoms with van der Waals surface area (Å²) in [5, 5.41) is 19.2. The number of unbranched alkanes of at least 4 members (excludes halogenated alkanes) is 1. The molecule has 1 aromatic rings. The van der Waals surface area contributed by atoms with E-state index in [-0.39, 0.29) is 67.1 Å². The Morgan fingerprint density at radius 2 is 1.42 bits per heavy atom. The fourth-order valence-electron chi connectivity index (χ4n) is 11.5. The van der Waals surface area contributed by atoms with Gasteiger partial charge in [0.25, 0.3) is 0 Å². The normalized spacial score (nSPS) is 19.0. The molecule has 420 valence electrons. The lowest BCUT2D eigenvalue weighted by molar-refractivity contribution is -0.147. The Hall–Kier alpha value is -4.50. The SMILES string of the molecule is C=C(N[C@H](C(=O)N(C)C([C@@H](C)CC)[C@@H](CC(=O)N1CCC[C@H]1[C@H](OC)[C@@H](C)C(=O)N[C@@H](Cc1ccccc1)C(=O)O)OC)C(C)C)[C@H](C(C)C)N(C)C(=O)CCCC(=O)NCCCCC1CCCCCCCCC1. The van der Waals surface area contributed by atoms with Crippen LogP contribution < -0.4 is 16.0 Å². The van der Waals surface area contributed by atoms with Gasteiger partial charge in [-0.1, -0.05) is 162 Å². The van der Waals surface area contributed by atoms with E-state index in [1.807, 2.05) is 71.9 Å². The minimum atomic E-state index is -1.14. The Morgan fingerprint density at radius 1 is 0.784 bits per heavy atom. The van der Waals surface area contributed by atoms with Gasteiger partial charge in [0.05, 0.1) is 42.7 Å². The summed E-state index contributed by atoms with van der Waals surface area (Å²) >= 11 is 0. The minimum Gasteiger partial charge on any atom is -0.480 e. The molecule has 0 bridgehead atoms. The number of amides is 5. The molecule has 0 radical (unpaired) electrons. The highest BCUT2D eigenvalue weighted by atomic mass is 16.5. The van der Waals surface area contributed by atoms with Crippen LogP contribution in [0.5, 0.6) is 0 Å². The summed E-state index contributed by atoms with van der Waals surface area (Å²) in [6, 6.07) is 5.90. The summed E-state index contributed by atoms with van der Waals surface area (Å²) in [6.45, 7) is 19.3. The lowest BCUT2D eigenvalue weighted by atomic mass is 9.88. The van der Waals surface area contributed by atoms with Gasteiger partial charge < -0.3 is 45.2 Å². The number of likely N-dealkylation sites (tertiary alicyclic amines) is 1. The van der Waals surface area contributed by atoms with Crippen molar-refractivity contribution >= 4 is 35.5 Å². The van der Waals surface area contributed by atoms with Gasteiger partial charge in [0.15, 0.2) is 0 Å². The van der Waals surface area contributed by atoms with Crippen LogP contribution in [0, 0.1) is 29.6 Å². The zero-order valence-electron chi connectivity index (χ0n) is 47.6. The minimum absolute atomic E-state index is 0.0222. The molecule has 5 amide bonds. The second-order valence-corrected chi connectivity index (χ2v) is 22.4. The average molecular weight is 1040 g/mol. The van der Waals surface area contributed by atoms with Crippen LogP contribution in [0.3, 0.4) is 0 Å². The Kier molecular flexibility index (Phi) is 28.9. The van der Waals surface area contributed by atoms with Crippen molar-refractivity contribution in [1.82, 2.24) is 30.7 Å². The number of benzene rings is 1. The van der Waals surface area contributed by atoms with Crippen LogP contribution in [0.2, 0.25) is 0 Å². The van der Waals surface area contributed by atoms with Gasteiger partial charge in [0.1, 0.15) is 12.1 Å². The summed E-state index contributed by atoms with van der Waals surface area (Å²) in [6.07, 6.45) is 17.2. The summed E-state index contributed by atoms with van der Waals surface area (Å²) in [7, 11) is 6.57. The van der Waals surface area contributed by atoms with Crippen molar-refractivity contribution in [1.29, 1.82) is 0 Å². The van der Waals surface area contributed by atoms with Crippen molar-refractivity contribution in [3.63, 3.8) is 0 Å². The topological polar surface area (TPSA) is 187 Å². The fraction of sp³-hybridized carbons (Fsp3) is 0.763. The molecule has 4 N–H and O–H groups in total. The van der Waals surface area contributed by atoms with E-state index in [4.69, 9.17) is 9.47 Å². The van der Waals surface area contributed by atoms with Gasteiger partial charge in [0.2, 0.25) is 29.5 Å². The van der Waals surface area contributed by atoms with Gasteiger partial charge in [-0.2, -0.15) is 0 Å². The average Bonchev–Trinajstić information content (AvgIpc) is 3.86. The highest BCUT2D eigenvalue weighted by molar-refractivity contribution is 5.86. The Balaban J connectivity index is 1.62. The monoisotopic (exact) mass is 1040 g/mol. The zero-order valence-corrected chi connectivity index (χ0v) is 47.6. The second kappa shape index (κ2) is 33.5. The van der Waals surface area contributed by atoms with E-state index in [2.05, 4.69) is 22.5 Å². The molecule has 1 aliphatic carbocycles. The van der Waals surface area contributed by atoms with Crippen molar-refractivity contribution in [2.45, 2.75) is 219 Å². The first-order valence-corrected chi connectivity index (χ1v) is 28.4. The maximum absolute atomic E-state index is 14.8. The second-order valence-electron chi connectivity index (χ2n) is 22.4. The quantitative estimate of drug-likeness (QED) is 0.0524. The fourth-order valence-corrected chi connectivity index (χ4v) is 11.5. The Labute approximate surface area is 446 Å². The summed E-state index contributed by atoms with van der Waals surface area (Å²) in [4.78, 5) is 86.7. The number of aliphatic carboxylic acids is 1. The van der Waals surface area contributed by atoms with Crippen LogP contribution in [-0.4, -0.2) is 139 Å². The number of carbonyl (C=O) groups is 6. The predicted octanol–water partition coefficient (Wildman–Crippen LogP) is 8.93. The van der Waals surface area contributed by atoms with E-state index in [0.29, 0.717) is 44.5 Å². The van der Waals surface area contributed by atoms with Crippen molar-refractivity contribution in [2.24, 2.45) is 29.6 Å². The number of nitrogens with one attached hydrogen (secondary N) is 3. The maximum Gasteiger partial charge on any atom is 0.326 e. The molecule has 15 heteroatoms. The summed E-state index contributed by atoms with van der Waals surface area (Å²) in [5.74, 6) is -2.36. The first kappa shape index (κ1) is 63.8. The molecule has 3 rings (SSSR count). The number of ether oxygens (including phenoxy) is 2. The Bertz CT molecular complexity index is 1870. The third-order valence-electron chi connectivity index (χ3n) is 16.1. The highest BCUT2D eigenvalue weighted by Gasteiger charge is 2.43. The van der Waals surface area contributed by atoms with Gasteiger partial charge in [-0.3, -0.25) is 24.0 Å². The maximum atomic E-state index is 14.8. The number of carbonyl (C=O) groups excluding carboxylic acids is 5. The van der Waals surface area contributed by atoms with E-state index >= 15 is 0 Å². The molecule has 1 aromatic carbocycles. The van der Waals surface area contributed by atoms with Crippen molar-refractivity contribution in [3.05, 3.63) is 48.2 Å². The molecule has 1 heterocycles. The number of hydrogen-bond donors (Lipinski definition) is 4. The first-order chi connectivity index (χ1) is 35.3. The van der Waals surface area contributed by atoms with Crippen LogP contribution >= 0.6 is 0 Å². The van der Waals surface area contributed by atoms with E-state index in [9.17, 15) is 33.9 Å². The van der Waals surface area contributed by atoms with Crippen LogP contribution in [0.4, 0.5) is 0 Å². The molecule has 0 spiro atoms. The molecule has 1 saturated carbocycles. The van der Waals surface area contributed by atoms with Crippen LogP contribution in [0.25, 0.3) is 0 Å². The third-order valence-corrected chi connectivity index (χ3v) is 16.1. The smallest absolute Gasteiger partial charge is 0.326 e. The van der Waals surface area contributed by atoms with Crippen molar-refractivity contribution in [2.75, 3.05) is 41.4 Å². The van der Waals surface area contributed by atoms with Crippen molar-refractivity contribution in [3.8, 4) is 0 Å². The van der Waals surface area contributed by atoms with E-state index in [1.54, 1.807) is 42.8 Å². The number of carboxylic acid groups (broad SMARTS) is 1. The Morgan fingerprint density at radius 3 is 1.99 bits per heavy atom. The van der Waals surface area contributed by atoms with E-state index < -0.39 is 60.2 Å². The van der Waals surface area contributed by atoms with E-state index in [0.717, 1.165) is 24.3 Å². The molecular weight excluding hydrogens is 937 g/mol. The molecule has 15 nitrogen and oxygen atoms in total. The first-order valence-electron chi connectivity index (χ1n) is 28.4. The molecule has 1 unspecified atom stereocenters. The molecule has 2 aliphatic rings. The molecule has 0 aromatic heterocycles. The van der Waals surface area contributed by atoms with Crippen LogP contribution in [0.15, 0.2) is 42.6 Å². The summed E-state index contributed by atoms with van der Waals surface area (Å²) < 4.78 is 12.1. The van der Waals surface area contributed by atoms with Gasteiger partial charge in [0, 0.05) is 66.4 Å². The predicted molar refractivity (Wildman–Crippen MR) is 294 cm³/mol. The van der Waals surface area contributed by atoms with Gasteiger partial charge >= 0.3 is 5.97 Å². The highest BCUT2D eigenvalue weighted by Crippen LogP contribution is 2.31. The van der Waals surface area contributed by atoms with Gasteiger partial charge in [-0.05, 0) is 54.9 Å². The third kappa shape index (κ3) is 20.2. The number of hydrogen-bond acceptors (Lipinski definition) is 9. The number of nitrogens with zero attached hydrogens (tertiary/aromatic N) is 3. The lowest BCUT2D eigenvalue weighted by Gasteiger charge is -2.42. The zero-order chi connectivity index (χ0) is 54.9. The van der Waals surface area contributed by atoms with Gasteiger partial charge in [-0.25, -0.2) is 4.79 Å². The molecule has 1 saturated heterocycles. The lowest BCUT2D eigenvalue weighted by Crippen LogP contribution is -2.58. The standard InChI is InChI=1S/C59H100N6O9/c1-13-42(6)55(49(73-11)39-52(68)65-37-27-33-48(65)56(74-12)43(7)57(69)62-47(59(71)72)38-46-31-22-19-23-32-46)64(10)58(70)53(40(2)3)61-44(8)54(41(4)5)63(9)51(67)35-26-34-50(66)60-36-25-24-30-45-28-20-17-15-14-16-18-21-29-45/h19,22-23,31-32,40-43,45,47-49,53-56,61H,8,13-18,20-21,24-30,33-39H2,1-7,9-12H3,(H,60,66)(H,62,69)(H,71,72)/t42-,43+,47-,48-,49+,53-,54-,55?,56+/m0/s1. The van der Waals surface area contributed by atoms with Gasteiger partial charge in [-0.15, -0.1) is 0 Å². The molecular formula is C59H100N6O9. The molecule has 74 heavy (non-hydrogen) atoms. The molecule has 9 atom stereocenters. The van der Waals surface area contributed by atoms with Crippen LogP contribution in [0.1, 0.15) is 176 Å².